The highest BCUT2D eigenvalue weighted by Gasteiger charge is 2.25. The van der Waals surface area contributed by atoms with Crippen LogP contribution in [-0.2, 0) is 14.6 Å². The summed E-state index contributed by atoms with van der Waals surface area (Å²) in [7, 11) is 1.00. The predicted molar refractivity (Wildman–Crippen MR) is 98.6 cm³/mol. The molecule has 0 radical (unpaired) electrons. The molecule has 2 aromatic rings. The van der Waals surface area contributed by atoms with Gasteiger partial charge in [-0.1, -0.05) is 60.7 Å². The third-order valence-corrected chi connectivity index (χ3v) is 4.14. The summed E-state index contributed by atoms with van der Waals surface area (Å²) in [5, 5.41) is 0. The van der Waals surface area contributed by atoms with Gasteiger partial charge in [-0.15, -0.1) is 0 Å². The minimum absolute atomic E-state index is 0.870. The SMILES string of the molecule is CN1CN(C)C(c2ccccc2)=C1c1ccccc1.COS(=O)(=O)O. The van der Waals surface area contributed by atoms with Gasteiger partial charge in [0.05, 0.1) is 25.2 Å². The van der Waals surface area contributed by atoms with Gasteiger partial charge in [0.25, 0.3) is 0 Å². The van der Waals surface area contributed by atoms with Crippen LogP contribution in [0.15, 0.2) is 60.7 Å². The maximum atomic E-state index is 9.33. The molecule has 0 amide bonds. The van der Waals surface area contributed by atoms with E-state index in [4.69, 9.17) is 4.55 Å². The number of hydrogen-bond acceptors (Lipinski definition) is 5. The lowest BCUT2D eigenvalue weighted by Gasteiger charge is -2.16. The van der Waals surface area contributed by atoms with E-state index in [-0.39, 0.29) is 0 Å². The van der Waals surface area contributed by atoms with E-state index in [1.54, 1.807) is 0 Å². The van der Waals surface area contributed by atoms with Crippen molar-refractivity contribution in [3.8, 4) is 0 Å². The van der Waals surface area contributed by atoms with Crippen LogP contribution in [0.1, 0.15) is 11.1 Å². The van der Waals surface area contributed by atoms with Crippen LogP contribution in [0.5, 0.6) is 0 Å². The molecule has 1 N–H and O–H groups in total. The summed E-state index contributed by atoms with van der Waals surface area (Å²) in [5.74, 6) is 0. The van der Waals surface area contributed by atoms with Crippen molar-refractivity contribution in [1.82, 2.24) is 9.80 Å². The Morgan fingerprint density at radius 2 is 1.16 bits per heavy atom. The van der Waals surface area contributed by atoms with Gasteiger partial charge < -0.3 is 9.80 Å². The highest BCUT2D eigenvalue weighted by atomic mass is 32.3. The maximum Gasteiger partial charge on any atom is 0.397 e. The average Bonchev–Trinajstić information content (AvgIpc) is 2.90. The lowest BCUT2D eigenvalue weighted by molar-refractivity contribution is 0.324. The van der Waals surface area contributed by atoms with Crippen molar-refractivity contribution < 1.29 is 17.2 Å². The van der Waals surface area contributed by atoms with Crippen LogP contribution in [0.4, 0.5) is 0 Å². The lowest BCUT2D eigenvalue weighted by Crippen LogP contribution is -2.20. The zero-order valence-corrected chi connectivity index (χ0v) is 15.3. The third kappa shape index (κ3) is 5.06. The van der Waals surface area contributed by atoms with Crippen molar-refractivity contribution in [3.05, 3.63) is 71.8 Å². The van der Waals surface area contributed by atoms with E-state index < -0.39 is 10.4 Å². The van der Waals surface area contributed by atoms with E-state index in [0.717, 1.165) is 13.8 Å². The Labute approximate surface area is 148 Å². The summed E-state index contributed by atoms with van der Waals surface area (Å²) < 4.78 is 29.7. The van der Waals surface area contributed by atoms with Gasteiger partial charge in [0, 0.05) is 14.1 Å². The Kier molecular flexibility index (Phi) is 6.19. The molecule has 0 saturated carbocycles. The summed E-state index contributed by atoms with van der Waals surface area (Å²) in [6.45, 7) is 0.925. The molecule has 7 heteroatoms. The molecule has 2 aromatic carbocycles. The Morgan fingerprint density at radius 3 is 1.44 bits per heavy atom. The van der Waals surface area contributed by atoms with Crippen molar-refractivity contribution in [3.63, 3.8) is 0 Å². The molecule has 1 aliphatic heterocycles. The van der Waals surface area contributed by atoms with Crippen LogP contribution in [0, 0.1) is 0 Å². The first kappa shape index (κ1) is 19.0. The Morgan fingerprint density at radius 1 is 0.840 bits per heavy atom. The Bertz CT molecular complexity index is 767. The van der Waals surface area contributed by atoms with Crippen LogP contribution < -0.4 is 0 Å². The number of hydrogen-bond donors (Lipinski definition) is 1. The summed E-state index contributed by atoms with van der Waals surface area (Å²) in [4.78, 5) is 4.61. The molecule has 25 heavy (non-hydrogen) atoms. The molecule has 0 aliphatic carbocycles. The standard InChI is InChI=1S/C17H18N2.CH4O4S/c1-18-13-19(2)17(15-11-7-4-8-12-15)16(18)14-9-5-3-6-10-14;1-5-6(2,3)4/h3-12H,13H2,1-2H3;1H3,(H,2,3,4). The molecule has 134 valence electrons. The fourth-order valence-electron chi connectivity index (χ4n) is 2.73. The van der Waals surface area contributed by atoms with Gasteiger partial charge in [0.1, 0.15) is 0 Å². The van der Waals surface area contributed by atoms with Crippen LogP contribution in [0.2, 0.25) is 0 Å². The average molecular weight is 362 g/mol. The van der Waals surface area contributed by atoms with Crippen molar-refractivity contribution >= 4 is 21.8 Å². The second-order valence-corrected chi connectivity index (χ2v) is 6.75. The molecule has 0 spiro atoms. The molecule has 1 aliphatic rings. The van der Waals surface area contributed by atoms with E-state index in [9.17, 15) is 8.42 Å². The summed E-state index contributed by atoms with van der Waals surface area (Å²) >= 11 is 0. The van der Waals surface area contributed by atoms with E-state index >= 15 is 0 Å². The summed E-state index contributed by atoms with van der Waals surface area (Å²) in [6, 6.07) is 21.2. The summed E-state index contributed by atoms with van der Waals surface area (Å²) in [6.07, 6.45) is 0. The smallest absolute Gasteiger partial charge is 0.355 e. The number of nitrogens with zero attached hydrogens (tertiary/aromatic N) is 2. The second kappa shape index (κ2) is 8.15. The van der Waals surface area contributed by atoms with Crippen LogP contribution in [0.25, 0.3) is 11.4 Å². The first-order valence-corrected chi connectivity index (χ1v) is 9.00. The van der Waals surface area contributed by atoms with Gasteiger partial charge in [-0.25, -0.2) is 0 Å². The molecular formula is C18H22N2O4S. The third-order valence-electron chi connectivity index (χ3n) is 3.72. The monoisotopic (exact) mass is 362 g/mol. The van der Waals surface area contributed by atoms with E-state index in [1.807, 2.05) is 0 Å². The molecule has 0 unspecified atom stereocenters. The van der Waals surface area contributed by atoms with E-state index in [1.165, 1.54) is 22.5 Å². The second-order valence-electron chi connectivity index (χ2n) is 5.56. The maximum absolute atomic E-state index is 9.33. The van der Waals surface area contributed by atoms with Gasteiger partial charge in [-0.2, -0.15) is 8.42 Å². The van der Waals surface area contributed by atoms with Gasteiger partial charge in [-0.3, -0.25) is 8.74 Å². The largest absolute Gasteiger partial charge is 0.397 e. The fourth-order valence-corrected chi connectivity index (χ4v) is 2.73. The number of rotatable bonds is 3. The molecule has 3 rings (SSSR count). The molecule has 0 saturated heterocycles. The lowest BCUT2D eigenvalue weighted by atomic mass is 10.1. The highest BCUT2D eigenvalue weighted by Crippen LogP contribution is 2.35. The van der Waals surface area contributed by atoms with Gasteiger partial charge in [0.2, 0.25) is 0 Å². The number of benzene rings is 2. The first-order chi connectivity index (χ1) is 11.8. The van der Waals surface area contributed by atoms with Crippen molar-refractivity contribution in [2.24, 2.45) is 0 Å². The topological polar surface area (TPSA) is 70.1 Å². The predicted octanol–water partition coefficient (Wildman–Crippen LogP) is 2.78. The summed E-state index contributed by atoms with van der Waals surface area (Å²) in [5.41, 5.74) is 5.14. The van der Waals surface area contributed by atoms with Crippen molar-refractivity contribution in [2.45, 2.75) is 0 Å². The van der Waals surface area contributed by atoms with Gasteiger partial charge in [0.15, 0.2) is 0 Å². The zero-order chi connectivity index (χ0) is 18.4. The van der Waals surface area contributed by atoms with Gasteiger partial charge >= 0.3 is 10.4 Å². The molecule has 1 heterocycles. The molecule has 0 aromatic heterocycles. The van der Waals surface area contributed by atoms with Crippen LogP contribution in [-0.4, -0.2) is 50.6 Å². The quantitative estimate of drug-likeness (QED) is 0.847. The molecule has 0 atom stereocenters. The zero-order valence-electron chi connectivity index (χ0n) is 14.5. The molecular weight excluding hydrogens is 340 g/mol. The van der Waals surface area contributed by atoms with E-state index in [0.29, 0.717) is 0 Å². The molecule has 0 fully saturated rings. The highest BCUT2D eigenvalue weighted by molar-refractivity contribution is 7.80. The van der Waals surface area contributed by atoms with Gasteiger partial charge in [-0.05, 0) is 11.1 Å². The minimum atomic E-state index is -4.16. The van der Waals surface area contributed by atoms with Crippen LogP contribution in [0.3, 0.4) is 0 Å². The fraction of sp³-hybridized carbons (Fsp3) is 0.222. The van der Waals surface area contributed by atoms with Crippen molar-refractivity contribution in [2.75, 3.05) is 27.9 Å². The first-order valence-electron chi connectivity index (χ1n) is 7.64. The molecule has 0 bridgehead atoms. The Balaban J connectivity index is 0.000000326. The van der Waals surface area contributed by atoms with Crippen LogP contribution >= 0.6 is 0 Å². The molecule has 6 nitrogen and oxygen atoms in total. The van der Waals surface area contributed by atoms with Crippen molar-refractivity contribution in [1.29, 1.82) is 0 Å². The minimum Gasteiger partial charge on any atom is -0.355 e. The van der Waals surface area contributed by atoms with E-state index in [2.05, 4.69) is 88.7 Å². The normalized spacial score (nSPS) is 14.4. The Hall–Kier alpha value is -2.35.